The van der Waals surface area contributed by atoms with Crippen LogP contribution in [0.3, 0.4) is 0 Å². The molecule has 0 radical (unpaired) electrons. The van der Waals surface area contributed by atoms with Gasteiger partial charge in [-0.15, -0.1) is 0 Å². The van der Waals surface area contributed by atoms with Gasteiger partial charge in [-0.2, -0.15) is 5.10 Å². The van der Waals surface area contributed by atoms with E-state index < -0.39 is 11.8 Å². The third kappa shape index (κ3) is 5.10. The summed E-state index contributed by atoms with van der Waals surface area (Å²) in [6, 6.07) is 7.51. The third-order valence-corrected chi connectivity index (χ3v) is 4.20. The first-order chi connectivity index (χ1) is 12.3. The number of hydrogen-bond donors (Lipinski definition) is 3. The normalized spacial score (nSPS) is 10.6. The van der Waals surface area contributed by atoms with E-state index in [2.05, 4.69) is 31.8 Å². The molecule has 0 aliphatic rings. The van der Waals surface area contributed by atoms with Crippen LogP contribution in [0.2, 0.25) is 10.0 Å². The number of carbonyl (C=O) groups excluding carboxylic acids is 2. The van der Waals surface area contributed by atoms with E-state index in [0.29, 0.717) is 15.1 Å². The van der Waals surface area contributed by atoms with Gasteiger partial charge in [-0.3, -0.25) is 9.59 Å². The zero-order valence-corrected chi connectivity index (χ0v) is 16.3. The van der Waals surface area contributed by atoms with Crippen LogP contribution < -0.4 is 15.5 Å². The van der Waals surface area contributed by atoms with Crippen molar-refractivity contribution in [2.24, 2.45) is 5.10 Å². The zero-order chi connectivity index (χ0) is 19.3. The molecule has 7 nitrogen and oxygen atoms in total. The number of nitrogens with zero attached hydrogens (tertiary/aromatic N) is 1. The Labute approximate surface area is 167 Å². The first-order valence-corrected chi connectivity index (χ1v) is 8.52. The van der Waals surface area contributed by atoms with Crippen molar-refractivity contribution in [1.29, 1.82) is 0 Å². The smallest absolute Gasteiger partial charge is 0.329 e. The fourth-order valence-electron chi connectivity index (χ4n) is 1.81. The highest BCUT2D eigenvalue weighted by molar-refractivity contribution is 9.10. The van der Waals surface area contributed by atoms with Crippen LogP contribution in [-0.4, -0.2) is 30.2 Å². The number of carbonyl (C=O) groups is 2. The summed E-state index contributed by atoms with van der Waals surface area (Å²) in [5, 5.41) is 16.3. The van der Waals surface area contributed by atoms with Gasteiger partial charge < -0.3 is 15.2 Å². The average molecular weight is 461 g/mol. The van der Waals surface area contributed by atoms with Crippen LogP contribution in [-0.2, 0) is 9.59 Å². The van der Waals surface area contributed by atoms with Gasteiger partial charge in [0.2, 0.25) is 0 Å². The maximum absolute atomic E-state index is 11.9. The molecule has 0 saturated carbocycles. The molecule has 0 heterocycles. The minimum atomic E-state index is -0.998. The number of aromatic hydroxyl groups is 1. The maximum atomic E-state index is 11.9. The van der Waals surface area contributed by atoms with Crippen LogP contribution in [0.4, 0.5) is 5.69 Å². The van der Waals surface area contributed by atoms with Crippen molar-refractivity contribution >= 4 is 62.8 Å². The van der Waals surface area contributed by atoms with Crippen molar-refractivity contribution in [3.63, 3.8) is 0 Å². The summed E-state index contributed by atoms with van der Waals surface area (Å²) in [5.74, 6) is -1.80. The van der Waals surface area contributed by atoms with Crippen LogP contribution in [0, 0.1) is 0 Å². The molecule has 0 unspecified atom stereocenters. The number of hydrazone groups is 1. The number of amides is 2. The van der Waals surface area contributed by atoms with Gasteiger partial charge in [-0.1, -0.05) is 23.2 Å². The van der Waals surface area contributed by atoms with E-state index in [1.54, 1.807) is 12.1 Å². The molecule has 2 rings (SSSR count). The number of rotatable bonds is 4. The lowest BCUT2D eigenvalue weighted by molar-refractivity contribution is -0.136. The zero-order valence-electron chi connectivity index (χ0n) is 13.2. The van der Waals surface area contributed by atoms with E-state index in [-0.39, 0.29) is 22.2 Å². The number of ether oxygens (including phenoxy) is 1. The van der Waals surface area contributed by atoms with Gasteiger partial charge >= 0.3 is 11.8 Å². The molecule has 0 aromatic heterocycles. The number of anilines is 1. The molecule has 136 valence electrons. The minimum absolute atomic E-state index is 0.0635. The highest BCUT2D eigenvalue weighted by Gasteiger charge is 2.15. The van der Waals surface area contributed by atoms with Crippen LogP contribution in [0.5, 0.6) is 11.5 Å². The van der Waals surface area contributed by atoms with E-state index in [0.717, 1.165) is 0 Å². The van der Waals surface area contributed by atoms with Crippen molar-refractivity contribution in [3.05, 3.63) is 50.4 Å². The quantitative estimate of drug-likeness (QED) is 0.369. The Morgan fingerprint density at radius 1 is 1.23 bits per heavy atom. The van der Waals surface area contributed by atoms with Gasteiger partial charge in [-0.05, 0) is 51.8 Å². The predicted molar refractivity (Wildman–Crippen MR) is 103 cm³/mol. The largest absolute Gasteiger partial charge is 0.503 e. The fourth-order valence-corrected chi connectivity index (χ4v) is 2.61. The summed E-state index contributed by atoms with van der Waals surface area (Å²) in [6.45, 7) is 0. The molecule has 26 heavy (non-hydrogen) atoms. The summed E-state index contributed by atoms with van der Waals surface area (Å²) in [6.07, 6.45) is 1.28. The average Bonchev–Trinajstić information content (AvgIpc) is 2.60. The number of nitrogens with one attached hydrogen (secondary N) is 2. The van der Waals surface area contributed by atoms with Crippen molar-refractivity contribution < 1.29 is 19.4 Å². The van der Waals surface area contributed by atoms with Crippen LogP contribution in [0.1, 0.15) is 5.56 Å². The third-order valence-electron chi connectivity index (χ3n) is 3.03. The minimum Gasteiger partial charge on any atom is -0.503 e. The Balaban J connectivity index is 2.01. The molecule has 0 fully saturated rings. The van der Waals surface area contributed by atoms with Gasteiger partial charge in [0.05, 0.1) is 28.5 Å². The Morgan fingerprint density at radius 2 is 1.96 bits per heavy atom. The van der Waals surface area contributed by atoms with E-state index >= 15 is 0 Å². The van der Waals surface area contributed by atoms with Gasteiger partial charge in [0.15, 0.2) is 11.5 Å². The summed E-state index contributed by atoms with van der Waals surface area (Å²) in [5.41, 5.74) is 2.80. The lowest BCUT2D eigenvalue weighted by atomic mass is 10.2. The Kier molecular flexibility index (Phi) is 6.84. The number of benzene rings is 2. The lowest BCUT2D eigenvalue weighted by Gasteiger charge is -2.07. The molecule has 0 bridgehead atoms. The molecular formula is C16H12BrCl2N3O4. The highest BCUT2D eigenvalue weighted by Crippen LogP contribution is 2.34. The first kappa shape index (κ1) is 20.0. The molecule has 0 aliphatic heterocycles. The number of phenolic OH excluding ortho intramolecular Hbond substituents is 1. The Bertz CT molecular complexity index is 890. The molecule has 3 N–H and O–H groups in total. The number of phenols is 1. The highest BCUT2D eigenvalue weighted by atomic mass is 79.9. The molecular weight excluding hydrogens is 449 g/mol. The van der Waals surface area contributed by atoms with Gasteiger partial charge in [-0.25, -0.2) is 5.43 Å². The Morgan fingerprint density at radius 3 is 2.65 bits per heavy atom. The molecule has 2 aromatic carbocycles. The molecule has 2 amide bonds. The summed E-state index contributed by atoms with van der Waals surface area (Å²) in [7, 11) is 1.40. The van der Waals surface area contributed by atoms with E-state index in [1.165, 1.54) is 31.5 Å². The first-order valence-electron chi connectivity index (χ1n) is 6.97. The predicted octanol–water partition coefficient (Wildman–Crippen LogP) is 3.56. The van der Waals surface area contributed by atoms with Crippen LogP contribution in [0.15, 0.2) is 39.9 Å². The van der Waals surface area contributed by atoms with Crippen molar-refractivity contribution in [2.45, 2.75) is 0 Å². The number of methoxy groups -OCH3 is 1. The molecule has 0 aliphatic carbocycles. The maximum Gasteiger partial charge on any atom is 0.329 e. The Hall–Kier alpha value is -2.29. The topological polar surface area (TPSA) is 100 Å². The lowest BCUT2D eigenvalue weighted by Crippen LogP contribution is -2.32. The molecule has 10 heteroatoms. The van der Waals surface area contributed by atoms with Gasteiger partial charge in [0, 0.05) is 5.02 Å². The van der Waals surface area contributed by atoms with Gasteiger partial charge in [0.25, 0.3) is 0 Å². The van der Waals surface area contributed by atoms with Crippen LogP contribution in [0.25, 0.3) is 0 Å². The van der Waals surface area contributed by atoms with Crippen molar-refractivity contribution in [3.8, 4) is 11.5 Å². The monoisotopic (exact) mass is 459 g/mol. The van der Waals surface area contributed by atoms with E-state index in [9.17, 15) is 14.7 Å². The molecule has 0 saturated heterocycles. The fraction of sp³-hybridized carbons (Fsp3) is 0.0625. The van der Waals surface area contributed by atoms with Crippen LogP contribution >= 0.6 is 39.1 Å². The van der Waals surface area contributed by atoms with Gasteiger partial charge in [0.1, 0.15) is 0 Å². The van der Waals surface area contributed by atoms with E-state index in [4.69, 9.17) is 27.9 Å². The molecule has 0 spiro atoms. The summed E-state index contributed by atoms with van der Waals surface area (Å²) < 4.78 is 5.39. The standard InChI is InChI=1S/C16H12BrCl2N3O4/c1-26-13-5-8(4-10(17)14(13)23)7-20-22-16(25)15(24)21-12-6-9(18)2-3-11(12)19/h2-7,23H,1H3,(H,21,24)(H,22,25)/b20-7+. The van der Waals surface area contributed by atoms with Crippen molar-refractivity contribution in [2.75, 3.05) is 12.4 Å². The second-order valence-corrected chi connectivity index (χ2v) is 6.53. The second-order valence-electron chi connectivity index (χ2n) is 4.83. The number of hydrogen-bond acceptors (Lipinski definition) is 5. The number of halogens is 3. The summed E-state index contributed by atoms with van der Waals surface area (Å²) >= 11 is 14.9. The summed E-state index contributed by atoms with van der Waals surface area (Å²) in [4.78, 5) is 23.6. The molecule has 2 aromatic rings. The van der Waals surface area contributed by atoms with E-state index in [1.807, 2.05) is 0 Å². The van der Waals surface area contributed by atoms with Crippen molar-refractivity contribution in [1.82, 2.24) is 5.43 Å². The SMILES string of the molecule is COc1cc(/C=N/NC(=O)C(=O)Nc2cc(Cl)ccc2Cl)cc(Br)c1O. The molecule has 0 atom stereocenters. The second kappa shape index (κ2) is 8.88.